The van der Waals surface area contributed by atoms with Gasteiger partial charge in [-0.2, -0.15) is 0 Å². The van der Waals surface area contributed by atoms with E-state index in [1.807, 2.05) is 17.0 Å². The molecule has 0 saturated carbocycles. The lowest BCUT2D eigenvalue weighted by atomic mass is 10.2. The Morgan fingerprint density at radius 2 is 1.89 bits per heavy atom. The SMILES string of the molecule is COc1cccc2cc(C(=O)N3CCN(CC(=O)c4ccco4)CC3)oc12. The van der Waals surface area contributed by atoms with E-state index in [0.29, 0.717) is 49.0 Å². The molecule has 0 aliphatic carbocycles. The number of nitrogens with zero attached hydrogens (tertiary/aromatic N) is 2. The maximum absolute atomic E-state index is 12.8. The molecule has 1 saturated heterocycles. The van der Waals surface area contributed by atoms with Crippen molar-refractivity contribution < 1.29 is 23.2 Å². The van der Waals surface area contributed by atoms with Crippen molar-refractivity contribution in [1.29, 1.82) is 0 Å². The summed E-state index contributed by atoms with van der Waals surface area (Å²) in [6.45, 7) is 2.62. The molecular weight excluding hydrogens is 348 g/mol. The minimum atomic E-state index is -0.148. The van der Waals surface area contributed by atoms with Gasteiger partial charge in [-0.3, -0.25) is 14.5 Å². The van der Waals surface area contributed by atoms with Crippen molar-refractivity contribution in [2.75, 3.05) is 39.8 Å². The monoisotopic (exact) mass is 368 g/mol. The van der Waals surface area contributed by atoms with Gasteiger partial charge in [0.05, 0.1) is 19.9 Å². The molecule has 140 valence electrons. The number of hydrogen-bond acceptors (Lipinski definition) is 6. The average Bonchev–Trinajstić information content (AvgIpc) is 3.37. The van der Waals surface area contributed by atoms with E-state index < -0.39 is 0 Å². The highest BCUT2D eigenvalue weighted by atomic mass is 16.5. The molecule has 0 unspecified atom stereocenters. The highest BCUT2D eigenvalue weighted by molar-refractivity contribution is 5.97. The zero-order chi connectivity index (χ0) is 18.8. The van der Waals surface area contributed by atoms with Crippen LogP contribution in [0.4, 0.5) is 0 Å². The molecule has 7 heteroatoms. The van der Waals surface area contributed by atoms with Crippen LogP contribution >= 0.6 is 0 Å². The van der Waals surface area contributed by atoms with Crippen LogP contribution in [-0.2, 0) is 0 Å². The Kier molecular flexibility index (Phi) is 4.68. The van der Waals surface area contributed by atoms with E-state index in [1.54, 1.807) is 36.3 Å². The number of ether oxygens (including phenoxy) is 1. The molecule has 1 aliphatic rings. The van der Waals surface area contributed by atoms with Crippen LogP contribution in [0.25, 0.3) is 11.0 Å². The molecule has 7 nitrogen and oxygen atoms in total. The maximum Gasteiger partial charge on any atom is 0.289 e. The lowest BCUT2D eigenvalue weighted by molar-refractivity contribution is 0.0594. The summed E-state index contributed by atoms with van der Waals surface area (Å²) in [5.41, 5.74) is 0.575. The van der Waals surface area contributed by atoms with E-state index in [9.17, 15) is 9.59 Å². The number of methoxy groups -OCH3 is 1. The fourth-order valence-electron chi connectivity index (χ4n) is 3.29. The van der Waals surface area contributed by atoms with Crippen LogP contribution in [0.3, 0.4) is 0 Å². The van der Waals surface area contributed by atoms with Crippen molar-refractivity contribution >= 4 is 22.7 Å². The van der Waals surface area contributed by atoms with Crippen molar-refractivity contribution in [2.24, 2.45) is 0 Å². The van der Waals surface area contributed by atoms with Gasteiger partial charge >= 0.3 is 0 Å². The lowest BCUT2D eigenvalue weighted by Gasteiger charge is -2.33. The van der Waals surface area contributed by atoms with Gasteiger partial charge in [0.25, 0.3) is 5.91 Å². The summed E-state index contributed by atoms with van der Waals surface area (Å²) in [6.07, 6.45) is 1.49. The van der Waals surface area contributed by atoms with Crippen LogP contribution in [0.5, 0.6) is 5.75 Å². The summed E-state index contributed by atoms with van der Waals surface area (Å²) in [4.78, 5) is 28.7. The molecule has 4 rings (SSSR count). The van der Waals surface area contributed by atoms with Gasteiger partial charge in [-0.15, -0.1) is 0 Å². The van der Waals surface area contributed by atoms with Crippen LogP contribution in [0.1, 0.15) is 21.1 Å². The fourth-order valence-corrected chi connectivity index (χ4v) is 3.29. The maximum atomic E-state index is 12.8. The van der Waals surface area contributed by atoms with Gasteiger partial charge in [-0.1, -0.05) is 12.1 Å². The van der Waals surface area contributed by atoms with Crippen molar-refractivity contribution in [3.63, 3.8) is 0 Å². The number of piperazine rings is 1. The molecule has 1 amide bonds. The number of furan rings is 2. The number of hydrogen-bond donors (Lipinski definition) is 0. The quantitative estimate of drug-likeness (QED) is 0.645. The normalized spacial score (nSPS) is 15.2. The molecule has 1 fully saturated rings. The molecule has 0 radical (unpaired) electrons. The summed E-state index contributed by atoms with van der Waals surface area (Å²) in [7, 11) is 1.57. The average molecular weight is 368 g/mol. The first-order valence-corrected chi connectivity index (χ1v) is 8.80. The number of amides is 1. The highest BCUT2D eigenvalue weighted by Gasteiger charge is 2.26. The van der Waals surface area contributed by atoms with E-state index in [2.05, 4.69) is 0 Å². The smallest absolute Gasteiger partial charge is 0.289 e. The van der Waals surface area contributed by atoms with Gasteiger partial charge < -0.3 is 18.5 Å². The lowest BCUT2D eigenvalue weighted by Crippen LogP contribution is -2.49. The number of para-hydroxylation sites is 1. The first-order chi connectivity index (χ1) is 13.2. The van der Waals surface area contributed by atoms with Gasteiger partial charge in [-0.05, 0) is 24.3 Å². The van der Waals surface area contributed by atoms with Gasteiger partial charge in [0.2, 0.25) is 5.78 Å². The number of benzene rings is 1. The molecule has 0 atom stereocenters. The Bertz CT molecular complexity index is 952. The molecular formula is C20H20N2O5. The van der Waals surface area contributed by atoms with E-state index in [-0.39, 0.29) is 18.2 Å². The van der Waals surface area contributed by atoms with Gasteiger partial charge in [0.15, 0.2) is 22.9 Å². The molecule has 3 aromatic rings. The van der Waals surface area contributed by atoms with Crippen LogP contribution < -0.4 is 4.74 Å². The number of ketones is 1. The molecule has 3 heterocycles. The molecule has 1 aromatic carbocycles. The third-order valence-corrected chi connectivity index (χ3v) is 4.76. The zero-order valence-corrected chi connectivity index (χ0v) is 15.0. The number of fused-ring (bicyclic) bond motifs is 1. The van der Waals surface area contributed by atoms with E-state index >= 15 is 0 Å². The number of Topliss-reactive ketones (excluding diaryl/α,β-unsaturated/α-hetero) is 1. The molecule has 1 aliphatic heterocycles. The Morgan fingerprint density at radius 3 is 2.59 bits per heavy atom. The third kappa shape index (κ3) is 3.46. The van der Waals surface area contributed by atoms with Crippen molar-refractivity contribution in [3.05, 3.63) is 54.2 Å². The molecule has 27 heavy (non-hydrogen) atoms. The summed E-state index contributed by atoms with van der Waals surface area (Å²) in [5, 5.41) is 0.834. The van der Waals surface area contributed by atoms with Crippen molar-refractivity contribution in [3.8, 4) is 5.75 Å². The van der Waals surface area contributed by atoms with E-state index in [1.165, 1.54) is 6.26 Å². The van der Waals surface area contributed by atoms with Crippen LogP contribution in [0.15, 0.2) is 51.5 Å². The summed E-state index contributed by atoms with van der Waals surface area (Å²) in [5.74, 6) is 1.07. The predicted octanol–water partition coefficient (Wildman–Crippen LogP) is 2.68. The molecule has 0 bridgehead atoms. The van der Waals surface area contributed by atoms with Crippen molar-refractivity contribution in [1.82, 2.24) is 9.80 Å². The molecule has 0 N–H and O–H groups in total. The summed E-state index contributed by atoms with van der Waals surface area (Å²) in [6, 6.07) is 10.7. The third-order valence-electron chi connectivity index (χ3n) is 4.76. The standard InChI is InChI=1S/C20H20N2O5/c1-25-17-5-2-4-14-12-18(27-19(14)17)20(24)22-9-7-21(8-10-22)13-15(23)16-6-3-11-26-16/h2-6,11-12H,7-10,13H2,1H3. The topological polar surface area (TPSA) is 76.1 Å². The van der Waals surface area contributed by atoms with Crippen molar-refractivity contribution in [2.45, 2.75) is 0 Å². The second-order valence-electron chi connectivity index (χ2n) is 6.46. The second-order valence-corrected chi connectivity index (χ2v) is 6.46. The Morgan fingerprint density at radius 1 is 1.07 bits per heavy atom. The highest BCUT2D eigenvalue weighted by Crippen LogP contribution is 2.29. The first kappa shape index (κ1) is 17.4. The predicted molar refractivity (Wildman–Crippen MR) is 98.1 cm³/mol. The van der Waals surface area contributed by atoms with Crippen LogP contribution in [0, 0.1) is 0 Å². The van der Waals surface area contributed by atoms with Crippen LogP contribution in [0.2, 0.25) is 0 Å². The number of carbonyl (C=O) groups excluding carboxylic acids is 2. The van der Waals surface area contributed by atoms with Gasteiger partial charge in [-0.25, -0.2) is 0 Å². The number of rotatable bonds is 5. The summed E-state index contributed by atoms with van der Waals surface area (Å²) < 4.78 is 16.2. The molecule has 0 spiro atoms. The second kappa shape index (κ2) is 7.28. The van der Waals surface area contributed by atoms with Gasteiger partial charge in [0, 0.05) is 31.6 Å². The van der Waals surface area contributed by atoms with Crippen LogP contribution in [-0.4, -0.2) is 61.3 Å². The summed E-state index contributed by atoms with van der Waals surface area (Å²) >= 11 is 0. The van der Waals surface area contributed by atoms with E-state index in [0.717, 1.165) is 5.39 Å². The minimum absolute atomic E-state index is 0.0517. The minimum Gasteiger partial charge on any atom is -0.493 e. The van der Waals surface area contributed by atoms with Gasteiger partial charge in [0.1, 0.15) is 0 Å². The largest absolute Gasteiger partial charge is 0.493 e. The van der Waals surface area contributed by atoms with E-state index in [4.69, 9.17) is 13.6 Å². The fraction of sp³-hybridized carbons (Fsp3) is 0.300. The Hall–Kier alpha value is -3.06. The molecule has 2 aromatic heterocycles. The zero-order valence-electron chi connectivity index (χ0n) is 15.0. The Balaban J connectivity index is 1.39. The number of carbonyl (C=O) groups is 2. The first-order valence-electron chi connectivity index (χ1n) is 8.80. The Labute approximate surface area is 156 Å².